The SMILES string of the molecule is Cc1nnc(CN(C)CC(=O)N(CCN)CCc2ccccc2)n1C.Cl.Cl. The van der Waals surface area contributed by atoms with Crippen molar-refractivity contribution in [2.24, 2.45) is 12.8 Å². The second kappa shape index (κ2) is 12.7. The van der Waals surface area contributed by atoms with Crippen LogP contribution in [0, 0.1) is 6.92 Å². The summed E-state index contributed by atoms with van der Waals surface area (Å²) in [4.78, 5) is 16.4. The fourth-order valence-electron chi connectivity index (χ4n) is 2.64. The molecule has 1 aromatic carbocycles. The van der Waals surface area contributed by atoms with Crippen molar-refractivity contribution in [3.63, 3.8) is 0 Å². The summed E-state index contributed by atoms with van der Waals surface area (Å²) >= 11 is 0. The highest BCUT2D eigenvalue weighted by atomic mass is 35.5. The van der Waals surface area contributed by atoms with Gasteiger partial charge >= 0.3 is 0 Å². The van der Waals surface area contributed by atoms with Gasteiger partial charge in [-0.2, -0.15) is 0 Å². The molecule has 0 saturated carbocycles. The standard InChI is InChI=1S/C18H28N6O.2ClH/c1-15-20-21-17(23(15)3)13-22(2)14-18(25)24(12-10-19)11-9-16-7-5-4-6-8-16;;/h4-8H,9-14,19H2,1-3H3;2*1H. The van der Waals surface area contributed by atoms with Crippen molar-refractivity contribution in [3.05, 3.63) is 47.5 Å². The molecule has 0 radical (unpaired) electrons. The summed E-state index contributed by atoms with van der Waals surface area (Å²) in [5.41, 5.74) is 6.91. The number of aryl methyl sites for hydroxylation is 1. The van der Waals surface area contributed by atoms with Crippen LogP contribution in [0.2, 0.25) is 0 Å². The van der Waals surface area contributed by atoms with Crippen LogP contribution in [-0.4, -0.2) is 63.7 Å². The zero-order valence-electron chi connectivity index (χ0n) is 16.2. The maximum atomic E-state index is 12.6. The number of amides is 1. The first-order valence-corrected chi connectivity index (χ1v) is 8.56. The third-order valence-corrected chi connectivity index (χ3v) is 4.26. The van der Waals surface area contributed by atoms with E-state index in [0.29, 0.717) is 32.7 Å². The van der Waals surface area contributed by atoms with Crippen molar-refractivity contribution < 1.29 is 4.79 Å². The lowest BCUT2D eigenvalue weighted by atomic mass is 10.1. The smallest absolute Gasteiger partial charge is 0.236 e. The summed E-state index contributed by atoms with van der Waals surface area (Å²) in [6.07, 6.45) is 0.832. The molecule has 0 spiro atoms. The Balaban J connectivity index is 0.00000338. The minimum atomic E-state index is 0. The molecule has 1 amide bonds. The molecule has 0 aliphatic carbocycles. The Morgan fingerprint density at radius 3 is 2.37 bits per heavy atom. The number of halogens is 2. The van der Waals surface area contributed by atoms with Gasteiger partial charge in [-0.25, -0.2) is 0 Å². The van der Waals surface area contributed by atoms with Gasteiger partial charge in [-0.3, -0.25) is 9.69 Å². The van der Waals surface area contributed by atoms with Crippen LogP contribution in [0.1, 0.15) is 17.2 Å². The molecule has 2 N–H and O–H groups in total. The molecule has 2 aromatic rings. The van der Waals surface area contributed by atoms with Crippen molar-refractivity contribution in [2.75, 3.05) is 33.2 Å². The summed E-state index contributed by atoms with van der Waals surface area (Å²) in [7, 11) is 3.85. The van der Waals surface area contributed by atoms with E-state index in [9.17, 15) is 4.79 Å². The molecule has 0 atom stereocenters. The van der Waals surface area contributed by atoms with E-state index >= 15 is 0 Å². The van der Waals surface area contributed by atoms with Gasteiger partial charge in [0.25, 0.3) is 0 Å². The monoisotopic (exact) mass is 416 g/mol. The maximum Gasteiger partial charge on any atom is 0.236 e. The summed E-state index contributed by atoms with van der Waals surface area (Å²) in [6.45, 7) is 4.54. The summed E-state index contributed by atoms with van der Waals surface area (Å²) in [5, 5.41) is 8.20. The van der Waals surface area contributed by atoms with E-state index in [0.717, 1.165) is 18.1 Å². The molecule has 0 saturated heterocycles. The van der Waals surface area contributed by atoms with Gasteiger partial charge in [-0.15, -0.1) is 35.0 Å². The Morgan fingerprint density at radius 2 is 1.81 bits per heavy atom. The maximum absolute atomic E-state index is 12.6. The number of hydrogen-bond acceptors (Lipinski definition) is 5. The van der Waals surface area contributed by atoms with Gasteiger partial charge in [0, 0.05) is 26.7 Å². The third-order valence-electron chi connectivity index (χ3n) is 4.26. The molecule has 9 heteroatoms. The van der Waals surface area contributed by atoms with Gasteiger partial charge < -0.3 is 15.2 Å². The fraction of sp³-hybridized carbons (Fsp3) is 0.500. The molecular weight excluding hydrogens is 387 g/mol. The fourth-order valence-corrected chi connectivity index (χ4v) is 2.64. The Hall–Kier alpha value is -1.67. The van der Waals surface area contributed by atoms with Crippen LogP contribution in [0.3, 0.4) is 0 Å². The largest absolute Gasteiger partial charge is 0.340 e. The quantitative estimate of drug-likeness (QED) is 0.668. The lowest BCUT2D eigenvalue weighted by Gasteiger charge is -2.25. The van der Waals surface area contributed by atoms with Crippen LogP contribution in [0.5, 0.6) is 0 Å². The number of benzene rings is 1. The molecule has 1 heterocycles. The van der Waals surface area contributed by atoms with E-state index in [1.54, 1.807) is 0 Å². The van der Waals surface area contributed by atoms with Gasteiger partial charge in [0.05, 0.1) is 13.1 Å². The number of aromatic nitrogens is 3. The molecule has 0 aliphatic heterocycles. The Kier molecular flexibility index (Phi) is 11.9. The number of rotatable bonds is 9. The second-order valence-electron chi connectivity index (χ2n) is 6.30. The second-order valence-corrected chi connectivity index (χ2v) is 6.30. The molecule has 0 fully saturated rings. The first kappa shape index (κ1) is 25.3. The number of nitrogens with zero attached hydrogens (tertiary/aromatic N) is 5. The predicted octanol–water partition coefficient (Wildman–Crippen LogP) is 1.43. The average molecular weight is 417 g/mol. The highest BCUT2D eigenvalue weighted by molar-refractivity contribution is 5.85. The van der Waals surface area contributed by atoms with Crippen LogP contribution in [0.25, 0.3) is 0 Å². The molecular formula is C18H30Cl2N6O. The number of carbonyl (C=O) groups is 1. The minimum absolute atomic E-state index is 0. The molecule has 0 bridgehead atoms. The van der Waals surface area contributed by atoms with Gasteiger partial charge in [-0.05, 0) is 26.0 Å². The van der Waals surface area contributed by atoms with Crippen LogP contribution in [0.15, 0.2) is 30.3 Å². The van der Waals surface area contributed by atoms with E-state index in [2.05, 4.69) is 22.3 Å². The number of carbonyl (C=O) groups excluding carboxylic acids is 1. The van der Waals surface area contributed by atoms with E-state index < -0.39 is 0 Å². The van der Waals surface area contributed by atoms with E-state index in [1.165, 1.54) is 5.56 Å². The topological polar surface area (TPSA) is 80.3 Å². The van der Waals surface area contributed by atoms with E-state index in [4.69, 9.17) is 5.73 Å². The average Bonchev–Trinajstić information content (AvgIpc) is 2.91. The van der Waals surface area contributed by atoms with Crippen molar-refractivity contribution in [1.29, 1.82) is 0 Å². The van der Waals surface area contributed by atoms with Gasteiger partial charge in [0.1, 0.15) is 11.6 Å². The highest BCUT2D eigenvalue weighted by Gasteiger charge is 2.16. The predicted molar refractivity (Wildman–Crippen MR) is 112 cm³/mol. The van der Waals surface area contributed by atoms with E-state index in [1.807, 2.05) is 53.6 Å². The Morgan fingerprint density at radius 1 is 1.15 bits per heavy atom. The number of hydrogen-bond donors (Lipinski definition) is 1. The normalized spacial score (nSPS) is 10.3. The zero-order valence-corrected chi connectivity index (χ0v) is 17.8. The third kappa shape index (κ3) is 7.84. The summed E-state index contributed by atoms with van der Waals surface area (Å²) < 4.78 is 1.94. The van der Waals surface area contributed by atoms with Crippen molar-refractivity contribution in [3.8, 4) is 0 Å². The van der Waals surface area contributed by atoms with Crippen LogP contribution >= 0.6 is 24.8 Å². The van der Waals surface area contributed by atoms with Gasteiger partial charge in [-0.1, -0.05) is 30.3 Å². The first-order chi connectivity index (χ1) is 12.0. The lowest BCUT2D eigenvalue weighted by molar-refractivity contribution is -0.132. The van der Waals surface area contributed by atoms with Crippen LogP contribution in [-0.2, 0) is 24.8 Å². The lowest BCUT2D eigenvalue weighted by Crippen LogP contribution is -2.42. The van der Waals surface area contributed by atoms with Crippen molar-refractivity contribution >= 4 is 30.7 Å². The Bertz CT molecular complexity index is 680. The van der Waals surface area contributed by atoms with Crippen LogP contribution < -0.4 is 5.73 Å². The molecule has 1 aromatic heterocycles. The molecule has 152 valence electrons. The molecule has 0 aliphatic rings. The summed E-state index contributed by atoms with van der Waals surface area (Å²) in [5.74, 6) is 1.80. The molecule has 7 nitrogen and oxygen atoms in total. The molecule has 27 heavy (non-hydrogen) atoms. The Labute approximate surface area is 173 Å². The highest BCUT2D eigenvalue weighted by Crippen LogP contribution is 2.04. The van der Waals surface area contributed by atoms with Gasteiger partial charge in [0.15, 0.2) is 0 Å². The van der Waals surface area contributed by atoms with Crippen molar-refractivity contribution in [1.82, 2.24) is 24.6 Å². The van der Waals surface area contributed by atoms with Gasteiger partial charge in [0.2, 0.25) is 5.91 Å². The molecule has 2 rings (SSSR count). The minimum Gasteiger partial charge on any atom is -0.340 e. The van der Waals surface area contributed by atoms with Crippen molar-refractivity contribution in [2.45, 2.75) is 19.9 Å². The first-order valence-electron chi connectivity index (χ1n) is 8.56. The summed E-state index contributed by atoms with van der Waals surface area (Å²) in [6, 6.07) is 10.2. The number of nitrogens with two attached hydrogens (primary N) is 1. The number of likely N-dealkylation sites (N-methyl/N-ethyl adjacent to an activating group) is 1. The molecule has 0 unspecified atom stereocenters. The zero-order chi connectivity index (χ0) is 18.2. The van der Waals surface area contributed by atoms with Crippen LogP contribution in [0.4, 0.5) is 0 Å². The van der Waals surface area contributed by atoms with E-state index in [-0.39, 0.29) is 30.7 Å².